The van der Waals surface area contributed by atoms with Crippen molar-refractivity contribution in [1.29, 1.82) is 0 Å². The molecule has 3 rings (SSSR count). The summed E-state index contributed by atoms with van der Waals surface area (Å²) in [5.41, 5.74) is 0.549. The first-order valence-electron chi connectivity index (χ1n) is 7.00. The molecular weight excluding hydrogens is 286 g/mol. The molecule has 0 unspecified atom stereocenters. The van der Waals surface area contributed by atoms with Gasteiger partial charge in [-0.25, -0.2) is 8.42 Å². The normalized spacial score (nSPS) is 20.4. The molecule has 0 bridgehead atoms. The molecule has 112 valence electrons. The fourth-order valence-electron chi connectivity index (χ4n) is 2.77. The van der Waals surface area contributed by atoms with Crippen LogP contribution < -0.4 is 0 Å². The molecule has 0 spiro atoms. The van der Waals surface area contributed by atoms with Crippen molar-refractivity contribution in [2.45, 2.75) is 17.4 Å². The van der Waals surface area contributed by atoms with Crippen molar-refractivity contribution in [3.63, 3.8) is 0 Å². The van der Waals surface area contributed by atoms with E-state index in [0.717, 1.165) is 11.8 Å². The summed E-state index contributed by atoms with van der Waals surface area (Å²) in [7, 11) is 0.485. The average molecular weight is 305 g/mol. The summed E-state index contributed by atoms with van der Waals surface area (Å²) in [6, 6.07) is 9.28. The van der Waals surface area contributed by atoms with Gasteiger partial charge in [0.25, 0.3) is 0 Å². The maximum absolute atomic E-state index is 12.9. The zero-order valence-corrected chi connectivity index (χ0v) is 13.0. The number of benzene rings is 1. The smallest absolute Gasteiger partial charge is 0.245 e. The Kier molecular flexibility index (Phi) is 3.69. The number of nitrogens with zero attached hydrogens (tertiary/aromatic N) is 3. The van der Waals surface area contributed by atoms with Crippen molar-refractivity contribution >= 4 is 20.9 Å². The van der Waals surface area contributed by atoms with Crippen molar-refractivity contribution < 1.29 is 8.42 Å². The molecule has 0 aliphatic carbocycles. The van der Waals surface area contributed by atoms with Gasteiger partial charge in [-0.1, -0.05) is 18.2 Å². The lowest BCUT2D eigenvalue weighted by Gasteiger charge is -2.20. The van der Waals surface area contributed by atoms with Crippen LogP contribution in [0.3, 0.4) is 0 Å². The zero-order chi connectivity index (χ0) is 15.0. The number of pyridine rings is 1. The van der Waals surface area contributed by atoms with Crippen LogP contribution in [0.5, 0.6) is 0 Å². The molecular formula is C15H19N3O2S. The summed E-state index contributed by atoms with van der Waals surface area (Å²) in [6.45, 7) is 1.10. The molecule has 1 atom stereocenters. The van der Waals surface area contributed by atoms with Gasteiger partial charge in [-0.2, -0.15) is 4.31 Å². The van der Waals surface area contributed by atoms with E-state index in [9.17, 15) is 8.42 Å². The molecule has 1 aromatic carbocycles. The maximum Gasteiger partial charge on any atom is 0.245 e. The highest BCUT2D eigenvalue weighted by molar-refractivity contribution is 7.89. The molecule has 0 N–H and O–H groups in total. The second-order valence-corrected chi connectivity index (χ2v) is 7.51. The lowest BCUT2D eigenvalue weighted by molar-refractivity contribution is 0.302. The third-order valence-electron chi connectivity index (χ3n) is 4.07. The minimum Gasteiger partial charge on any atom is -0.305 e. The first-order valence-corrected chi connectivity index (χ1v) is 8.44. The van der Waals surface area contributed by atoms with Crippen molar-refractivity contribution in [3.05, 3.63) is 36.5 Å². The van der Waals surface area contributed by atoms with Gasteiger partial charge in [0.2, 0.25) is 10.0 Å². The Bertz CT molecular complexity index is 753. The predicted octanol–water partition coefficient (Wildman–Crippen LogP) is 1.56. The number of sulfonamides is 1. The highest BCUT2D eigenvalue weighted by Crippen LogP contribution is 2.27. The van der Waals surface area contributed by atoms with Crippen LogP contribution in [0.25, 0.3) is 10.9 Å². The van der Waals surface area contributed by atoms with Crippen molar-refractivity contribution in [2.24, 2.45) is 0 Å². The van der Waals surface area contributed by atoms with Crippen molar-refractivity contribution in [1.82, 2.24) is 14.2 Å². The highest BCUT2D eigenvalue weighted by Gasteiger charge is 2.34. The van der Waals surface area contributed by atoms with Crippen LogP contribution in [-0.4, -0.2) is 55.8 Å². The molecule has 5 nitrogen and oxygen atoms in total. The van der Waals surface area contributed by atoms with E-state index in [4.69, 9.17) is 0 Å². The van der Waals surface area contributed by atoms with Gasteiger partial charge in [0.05, 0.1) is 5.52 Å². The molecule has 1 fully saturated rings. The first-order chi connectivity index (χ1) is 10.00. The van der Waals surface area contributed by atoms with Crippen LogP contribution in [0.15, 0.2) is 41.4 Å². The molecule has 0 saturated carbocycles. The van der Waals surface area contributed by atoms with E-state index in [2.05, 4.69) is 9.88 Å². The Hall–Kier alpha value is -1.50. The quantitative estimate of drug-likeness (QED) is 0.863. The number of hydrogen-bond acceptors (Lipinski definition) is 4. The van der Waals surface area contributed by atoms with Gasteiger partial charge in [-0.15, -0.1) is 0 Å². The second kappa shape index (κ2) is 5.36. The lowest BCUT2D eigenvalue weighted by atomic mass is 10.2. The SMILES string of the molecule is CN(C)[C@H]1CCN(S(=O)(=O)c2cccc3cccnc23)C1. The fourth-order valence-corrected chi connectivity index (χ4v) is 4.43. The lowest BCUT2D eigenvalue weighted by Crippen LogP contribution is -2.34. The van der Waals surface area contributed by atoms with Crippen LogP contribution in [0, 0.1) is 0 Å². The number of aromatic nitrogens is 1. The van der Waals surface area contributed by atoms with Gasteiger partial charge in [0, 0.05) is 30.7 Å². The molecule has 1 aliphatic rings. The summed E-state index contributed by atoms with van der Waals surface area (Å²) in [4.78, 5) is 6.64. The summed E-state index contributed by atoms with van der Waals surface area (Å²) >= 11 is 0. The van der Waals surface area contributed by atoms with Crippen LogP contribution in [0.4, 0.5) is 0 Å². The maximum atomic E-state index is 12.9. The molecule has 0 radical (unpaired) electrons. The summed E-state index contributed by atoms with van der Waals surface area (Å²) < 4.78 is 27.3. The molecule has 2 aromatic rings. The Balaban J connectivity index is 2.02. The molecule has 2 heterocycles. The molecule has 1 aromatic heterocycles. The highest BCUT2D eigenvalue weighted by atomic mass is 32.2. The minimum absolute atomic E-state index is 0.280. The van der Waals surface area contributed by atoms with Crippen LogP contribution in [0.1, 0.15) is 6.42 Å². The van der Waals surface area contributed by atoms with Gasteiger partial charge in [0.1, 0.15) is 4.90 Å². The topological polar surface area (TPSA) is 53.5 Å². The van der Waals surface area contributed by atoms with Crippen LogP contribution in [-0.2, 0) is 10.0 Å². The van der Waals surface area contributed by atoms with E-state index in [-0.39, 0.29) is 6.04 Å². The molecule has 1 aliphatic heterocycles. The summed E-state index contributed by atoms with van der Waals surface area (Å²) in [5.74, 6) is 0. The fraction of sp³-hybridized carbons (Fsp3) is 0.400. The summed E-state index contributed by atoms with van der Waals surface area (Å²) in [5, 5.41) is 0.849. The molecule has 6 heteroatoms. The van der Waals surface area contributed by atoms with E-state index < -0.39 is 10.0 Å². The van der Waals surface area contributed by atoms with Gasteiger partial charge in [-0.05, 0) is 32.6 Å². The molecule has 21 heavy (non-hydrogen) atoms. The van der Waals surface area contributed by atoms with Gasteiger partial charge in [-0.3, -0.25) is 4.98 Å². The third kappa shape index (κ3) is 2.54. The Morgan fingerprint density at radius 1 is 1.24 bits per heavy atom. The molecule has 1 saturated heterocycles. The van der Waals surface area contributed by atoms with E-state index in [0.29, 0.717) is 23.5 Å². The first kappa shape index (κ1) is 14.4. The zero-order valence-electron chi connectivity index (χ0n) is 12.2. The number of rotatable bonds is 3. The number of fused-ring (bicyclic) bond motifs is 1. The standard InChI is InChI=1S/C15H19N3O2S/c1-17(2)13-8-10-18(11-13)21(19,20)14-7-3-5-12-6-4-9-16-15(12)14/h3-7,9,13H,8,10-11H2,1-2H3/t13-/m0/s1. The predicted molar refractivity (Wildman–Crippen MR) is 82.6 cm³/mol. The van der Waals surface area contributed by atoms with E-state index in [1.165, 1.54) is 0 Å². The number of para-hydroxylation sites is 1. The minimum atomic E-state index is -3.49. The van der Waals surface area contributed by atoms with Gasteiger partial charge in [0.15, 0.2) is 0 Å². The van der Waals surface area contributed by atoms with Crippen molar-refractivity contribution in [3.8, 4) is 0 Å². The van der Waals surface area contributed by atoms with Gasteiger partial charge >= 0.3 is 0 Å². The number of likely N-dealkylation sites (N-methyl/N-ethyl adjacent to an activating group) is 1. The van der Waals surface area contributed by atoms with Gasteiger partial charge < -0.3 is 4.90 Å². The molecule has 0 amide bonds. The Morgan fingerprint density at radius 2 is 2.00 bits per heavy atom. The van der Waals surface area contributed by atoms with Crippen LogP contribution >= 0.6 is 0 Å². The van der Waals surface area contributed by atoms with Crippen molar-refractivity contribution in [2.75, 3.05) is 27.2 Å². The number of hydrogen-bond donors (Lipinski definition) is 0. The van der Waals surface area contributed by atoms with E-state index in [1.807, 2.05) is 32.3 Å². The van der Waals surface area contributed by atoms with E-state index in [1.54, 1.807) is 22.6 Å². The third-order valence-corrected chi connectivity index (χ3v) is 5.97. The van der Waals surface area contributed by atoms with Crippen LogP contribution in [0.2, 0.25) is 0 Å². The second-order valence-electron chi connectivity index (χ2n) is 5.60. The Labute approximate surface area is 125 Å². The largest absolute Gasteiger partial charge is 0.305 e. The average Bonchev–Trinajstić information content (AvgIpc) is 2.97. The monoisotopic (exact) mass is 305 g/mol. The Morgan fingerprint density at radius 3 is 2.71 bits per heavy atom. The summed E-state index contributed by atoms with van der Waals surface area (Å²) in [6.07, 6.45) is 2.50. The van der Waals surface area contributed by atoms with E-state index >= 15 is 0 Å².